The second kappa shape index (κ2) is 3.93. The summed E-state index contributed by atoms with van der Waals surface area (Å²) >= 11 is 0. The predicted octanol–water partition coefficient (Wildman–Crippen LogP) is 0.789. The number of allylic oxidation sites excluding steroid dienone is 2. The molecule has 1 aliphatic carbocycles. The van der Waals surface area contributed by atoms with Crippen LogP contribution < -0.4 is 5.32 Å². The second-order valence-corrected chi connectivity index (χ2v) is 3.84. The highest BCUT2D eigenvalue weighted by atomic mass is 16.2. The molecule has 86 valence electrons. The van der Waals surface area contributed by atoms with E-state index in [0.29, 0.717) is 0 Å². The molecule has 0 fully saturated rings. The number of Topliss-reactive ketones (excluding diaryl/α,β-unsaturated/α-hetero) is 1. The Morgan fingerprint density at radius 2 is 2.06 bits per heavy atom. The lowest BCUT2D eigenvalue weighted by Gasteiger charge is -2.14. The van der Waals surface area contributed by atoms with Crippen LogP contribution >= 0.6 is 0 Å². The summed E-state index contributed by atoms with van der Waals surface area (Å²) in [4.78, 5) is 38.5. The molecule has 1 aromatic rings. The van der Waals surface area contributed by atoms with Crippen LogP contribution in [0.3, 0.4) is 0 Å². The van der Waals surface area contributed by atoms with Gasteiger partial charge in [0.05, 0.1) is 11.3 Å². The van der Waals surface area contributed by atoms with Crippen molar-refractivity contribution in [2.24, 2.45) is 0 Å². The highest BCUT2D eigenvalue weighted by Crippen LogP contribution is 2.19. The third-order valence-corrected chi connectivity index (χ3v) is 2.33. The van der Waals surface area contributed by atoms with E-state index in [9.17, 15) is 14.4 Å². The minimum absolute atomic E-state index is 0.00222. The zero-order valence-electron chi connectivity index (χ0n) is 9.40. The van der Waals surface area contributed by atoms with Crippen LogP contribution in [0.1, 0.15) is 33.3 Å². The minimum Gasteiger partial charge on any atom is -0.323 e. The normalized spacial score (nSPS) is 14.1. The van der Waals surface area contributed by atoms with Gasteiger partial charge in [0, 0.05) is 19.2 Å². The molecule has 0 bridgehead atoms. The monoisotopic (exact) mass is 230 g/mol. The Morgan fingerprint density at radius 1 is 1.35 bits per heavy atom. The Morgan fingerprint density at radius 3 is 2.71 bits per heavy atom. The molecular formula is C12H10N2O3. The smallest absolute Gasteiger partial charge is 0.221 e. The van der Waals surface area contributed by atoms with Crippen LogP contribution in [0, 0.1) is 6.92 Å². The molecular weight excluding hydrogens is 220 g/mol. The molecule has 0 unspecified atom stereocenters. The van der Waals surface area contributed by atoms with Crippen LogP contribution in [-0.2, 0) is 4.79 Å². The first kappa shape index (κ1) is 11.2. The Labute approximate surface area is 97.5 Å². The van der Waals surface area contributed by atoms with E-state index in [1.165, 1.54) is 13.1 Å². The van der Waals surface area contributed by atoms with E-state index in [-0.39, 0.29) is 34.4 Å². The van der Waals surface area contributed by atoms with E-state index in [1.54, 1.807) is 13.0 Å². The number of pyridine rings is 1. The maximum atomic E-state index is 12.0. The van der Waals surface area contributed by atoms with Crippen LogP contribution in [0.5, 0.6) is 0 Å². The SMILES string of the molecule is CC(=O)NC1=CC(=O)c2ncc(C)cc2C1=O. The molecule has 0 aromatic carbocycles. The third kappa shape index (κ3) is 1.99. The molecule has 1 heterocycles. The van der Waals surface area contributed by atoms with Gasteiger partial charge in [-0.2, -0.15) is 0 Å². The van der Waals surface area contributed by atoms with Crippen molar-refractivity contribution < 1.29 is 14.4 Å². The van der Waals surface area contributed by atoms with E-state index in [2.05, 4.69) is 10.3 Å². The maximum Gasteiger partial charge on any atom is 0.221 e. The van der Waals surface area contributed by atoms with Gasteiger partial charge in [0.15, 0.2) is 0 Å². The summed E-state index contributed by atoms with van der Waals surface area (Å²) in [5.74, 6) is -1.14. The highest BCUT2D eigenvalue weighted by molar-refractivity contribution is 6.24. The Hall–Kier alpha value is -2.30. The number of carbonyl (C=O) groups excluding carboxylic acids is 3. The molecule has 0 saturated heterocycles. The van der Waals surface area contributed by atoms with Gasteiger partial charge in [0.1, 0.15) is 5.69 Å². The molecule has 0 atom stereocenters. The first-order chi connectivity index (χ1) is 7.99. The zero-order chi connectivity index (χ0) is 12.6. The summed E-state index contributed by atoms with van der Waals surface area (Å²) in [5, 5.41) is 2.35. The minimum atomic E-state index is -0.388. The fourth-order valence-corrected chi connectivity index (χ4v) is 1.63. The number of aryl methyl sites for hydroxylation is 1. The van der Waals surface area contributed by atoms with Gasteiger partial charge in [0.25, 0.3) is 0 Å². The number of rotatable bonds is 1. The average Bonchev–Trinajstić information content (AvgIpc) is 2.24. The second-order valence-electron chi connectivity index (χ2n) is 3.84. The van der Waals surface area contributed by atoms with Crippen LogP contribution in [0.2, 0.25) is 0 Å². The fourth-order valence-electron chi connectivity index (χ4n) is 1.63. The quantitative estimate of drug-likeness (QED) is 0.773. The van der Waals surface area contributed by atoms with Crippen LogP contribution in [0.4, 0.5) is 0 Å². The Balaban J connectivity index is 2.50. The largest absolute Gasteiger partial charge is 0.323 e. The molecule has 17 heavy (non-hydrogen) atoms. The summed E-state index contributed by atoms with van der Waals surface area (Å²) in [7, 11) is 0. The van der Waals surface area contributed by atoms with Crippen LogP contribution in [0.15, 0.2) is 24.0 Å². The molecule has 5 nitrogen and oxygen atoms in total. The van der Waals surface area contributed by atoms with Crippen molar-refractivity contribution >= 4 is 17.5 Å². The number of carbonyl (C=O) groups is 3. The molecule has 1 amide bonds. The number of ketones is 2. The topological polar surface area (TPSA) is 76.1 Å². The molecule has 1 aromatic heterocycles. The van der Waals surface area contributed by atoms with Crippen molar-refractivity contribution in [1.29, 1.82) is 0 Å². The summed E-state index contributed by atoms with van der Waals surface area (Å²) in [6.45, 7) is 3.06. The van der Waals surface area contributed by atoms with E-state index in [0.717, 1.165) is 11.6 Å². The molecule has 5 heteroatoms. The summed E-state index contributed by atoms with van der Waals surface area (Å²) in [6.07, 6.45) is 2.63. The molecule has 0 spiro atoms. The van der Waals surface area contributed by atoms with Gasteiger partial charge in [0.2, 0.25) is 17.5 Å². The van der Waals surface area contributed by atoms with Crippen molar-refractivity contribution in [3.05, 3.63) is 40.9 Å². The number of hydrogen-bond acceptors (Lipinski definition) is 4. The first-order valence-corrected chi connectivity index (χ1v) is 5.04. The molecule has 1 N–H and O–H groups in total. The molecule has 2 rings (SSSR count). The molecule has 0 aliphatic heterocycles. The number of amides is 1. The van der Waals surface area contributed by atoms with Crippen LogP contribution in [-0.4, -0.2) is 22.5 Å². The summed E-state index contributed by atoms with van der Waals surface area (Å²) in [5.41, 5.74) is 1.16. The van der Waals surface area contributed by atoms with Gasteiger partial charge in [-0.15, -0.1) is 0 Å². The van der Waals surface area contributed by atoms with Crippen molar-refractivity contribution in [1.82, 2.24) is 10.3 Å². The van der Waals surface area contributed by atoms with E-state index in [1.807, 2.05) is 0 Å². The molecule has 1 aliphatic rings. The molecule has 0 saturated carbocycles. The lowest BCUT2D eigenvalue weighted by Crippen LogP contribution is -2.30. The number of fused-ring (bicyclic) bond motifs is 1. The van der Waals surface area contributed by atoms with Crippen molar-refractivity contribution in [2.45, 2.75) is 13.8 Å². The van der Waals surface area contributed by atoms with Crippen molar-refractivity contribution in [3.8, 4) is 0 Å². The van der Waals surface area contributed by atoms with Gasteiger partial charge in [-0.3, -0.25) is 19.4 Å². The lowest BCUT2D eigenvalue weighted by molar-refractivity contribution is -0.118. The Bertz CT molecular complexity index is 573. The highest BCUT2D eigenvalue weighted by Gasteiger charge is 2.27. The third-order valence-electron chi connectivity index (χ3n) is 2.33. The van der Waals surface area contributed by atoms with Gasteiger partial charge in [-0.25, -0.2) is 0 Å². The number of aromatic nitrogens is 1. The van der Waals surface area contributed by atoms with Crippen molar-refractivity contribution in [3.63, 3.8) is 0 Å². The fraction of sp³-hybridized carbons (Fsp3) is 0.167. The summed E-state index contributed by atoms with van der Waals surface area (Å²) < 4.78 is 0. The average molecular weight is 230 g/mol. The van der Waals surface area contributed by atoms with Gasteiger partial charge < -0.3 is 5.32 Å². The Kier molecular flexibility index (Phi) is 2.59. The number of hydrogen-bond donors (Lipinski definition) is 1. The number of nitrogens with zero attached hydrogens (tertiary/aromatic N) is 1. The van der Waals surface area contributed by atoms with Gasteiger partial charge in [-0.05, 0) is 18.6 Å². The van der Waals surface area contributed by atoms with E-state index >= 15 is 0 Å². The predicted molar refractivity (Wildman–Crippen MR) is 59.5 cm³/mol. The van der Waals surface area contributed by atoms with E-state index < -0.39 is 0 Å². The summed E-state index contributed by atoms with van der Waals surface area (Å²) in [6, 6.07) is 1.59. The first-order valence-electron chi connectivity index (χ1n) is 5.04. The zero-order valence-corrected chi connectivity index (χ0v) is 9.40. The number of nitrogens with one attached hydrogen (secondary N) is 1. The van der Waals surface area contributed by atoms with E-state index in [4.69, 9.17) is 0 Å². The van der Waals surface area contributed by atoms with Gasteiger partial charge in [-0.1, -0.05) is 0 Å². The maximum absolute atomic E-state index is 12.0. The van der Waals surface area contributed by atoms with Crippen molar-refractivity contribution in [2.75, 3.05) is 0 Å². The van der Waals surface area contributed by atoms with Gasteiger partial charge >= 0.3 is 0 Å². The molecule has 0 radical (unpaired) electrons. The standard InChI is InChI=1S/C12H10N2O3/c1-6-3-8-11(13-5-6)10(16)4-9(12(8)17)14-7(2)15/h3-5H,1-2H3,(H,14,15). The lowest BCUT2D eigenvalue weighted by atomic mass is 9.96. The van der Waals surface area contributed by atoms with Crippen LogP contribution in [0.25, 0.3) is 0 Å².